The average Bonchev–Trinajstić information content (AvgIpc) is 2.47. The van der Waals surface area contributed by atoms with Gasteiger partial charge in [-0.1, -0.05) is 29.3 Å². The monoisotopic (exact) mass is 338 g/mol. The van der Waals surface area contributed by atoms with Crippen molar-refractivity contribution >= 4 is 40.8 Å². The van der Waals surface area contributed by atoms with Crippen LogP contribution in [0.4, 0.5) is 5.69 Å². The van der Waals surface area contributed by atoms with Crippen LogP contribution >= 0.6 is 23.2 Å². The van der Waals surface area contributed by atoms with E-state index < -0.39 is 18.0 Å². The summed E-state index contributed by atoms with van der Waals surface area (Å²) in [5, 5.41) is 3.37. The second-order valence-electron chi connectivity index (χ2n) is 4.42. The van der Waals surface area contributed by atoms with Crippen LogP contribution in [-0.2, 0) is 9.53 Å². The summed E-state index contributed by atoms with van der Waals surface area (Å²) in [5.41, 5.74) is 0.736. The molecule has 0 saturated carbocycles. The molecular weight excluding hydrogens is 327 g/mol. The third-order valence-electron chi connectivity index (χ3n) is 2.71. The largest absolute Gasteiger partial charge is 0.449 e. The van der Waals surface area contributed by atoms with Crippen LogP contribution in [0.1, 0.15) is 17.3 Å². The Morgan fingerprint density at radius 3 is 2.64 bits per heavy atom. The van der Waals surface area contributed by atoms with E-state index in [9.17, 15) is 9.59 Å². The fraction of sp³-hybridized carbons (Fsp3) is 0.133. The number of hydrogen-bond donors (Lipinski definition) is 1. The molecule has 2 rings (SSSR count). The molecule has 0 spiro atoms. The van der Waals surface area contributed by atoms with E-state index in [4.69, 9.17) is 27.9 Å². The van der Waals surface area contributed by atoms with Crippen molar-refractivity contribution in [2.75, 3.05) is 5.32 Å². The fourth-order valence-electron chi connectivity index (χ4n) is 1.59. The minimum atomic E-state index is -0.970. The molecule has 114 valence electrons. The molecular formula is C15H12Cl2N2O3. The van der Waals surface area contributed by atoms with E-state index in [1.54, 1.807) is 24.3 Å². The van der Waals surface area contributed by atoms with Gasteiger partial charge in [0.05, 0.1) is 5.56 Å². The molecule has 0 radical (unpaired) electrons. The maximum Gasteiger partial charge on any atom is 0.340 e. The van der Waals surface area contributed by atoms with Gasteiger partial charge in [0.25, 0.3) is 5.91 Å². The smallest absolute Gasteiger partial charge is 0.340 e. The van der Waals surface area contributed by atoms with Crippen molar-refractivity contribution in [3.63, 3.8) is 0 Å². The zero-order chi connectivity index (χ0) is 16.1. The molecule has 5 nitrogen and oxygen atoms in total. The van der Waals surface area contributed by atoms with Gasteiger partial charge in [-0.2, -0.15) is 0 Å². The first-order chi connectivity index (χ1) is 10.5. The third-order valence-corrected chi connectivity index (χ3v) is 3.17. The molecule has 0 fully saturated rings. The summed E-state index contributed by atoms with van der Waals surface area (Å²) in [6.07, 6.45) is 0.314. The highest BCUT2D eigenvalue weighted by Crippen LogP contribution is 2.15. The van der Waals surface area contributed by atoms with Crippen molar-refractivity contribution in [1.82, 2.24) is 4.98 Å². The van der Waals surface area contributed by atoms with E-state index >= 15 is 0 Å². The molecule has 0 aliphatic rings. The number of ether oxygens (including phenoxy) is 1. The molecule has 7 heteroatoms. The molecule has 22 heavy (non-hydrogen) atoms. The summed E-state index contributed by atoms with van der Waals surface area (Å²) in [7, 11) is 0. The Bertz CT molecular complexity index is 689. The van der Waals surface area contributed by atoms with Crippen LogP contribution in [0.5, 0.6) is 0 Å². The van der Waals surface area contributed by atoms with E-state index in [0.717, 1.165) is 0 Å². The molecule has 0 unspecified atom stereocenters. The molecule has 1 heterocycles. The molecule has 1 amide bonds. The van der Waals surface area contributed by atoms with Crippen LogP contribution in [0.2, 0.25) is 10.2 Å². The number of pyridine rings is 1. The van der Waals surface area contributed by atoms with Gasteiger partial charge in [0.1, 0.15) is 5.15 Å². The van der Waals surface area contributed by atoms with Gasteiger partial charge in [0, 0.05) is 16.9 Å². The molecule has 0 bridgehead atoms. The normalized spacial score (nSPS) is 11.6. The van der Waals surface area contributed by atoms with Gasteiger partial charge < -0.3 is 10.1 Å². The van der Waals surface area contributed by atoms with Crippen LogP contribution in [0, 0.1) is 0 Å². The number of halogens is 2. The minimum Gasteiger partial charge on any atom is -0.449 e. The molecule has 1 aromatic carbocycles. The Balaban J connectivity index is 1.96. The second-order valence-corrected chi connectivity index (χ2v) is 5.24. The lowest BCUT2D eigenvalue weighted by Gasteiger charge is -2.13. The van der Waals surface area contributed by atoms with Gasteiger partial charge >= 0.3 is 5.97 Å². The van der Waals surface area contributed by atoms with Gasteiger partial charge in [0.15, 0.2) is 6.10 Å². The Hall–Kier alpha value is -2.11. The number of carbonyl (C=O) groups is 2. The number of anilines is 1. The molecule has 1 atom stereocenters. The predicted molar refractivity (Wildman–Crippen MR) is 84.2 cm³/mol. The topological polar surface area (TPSA) is 68.3 Å². The molecule has 1 aromatic heterocycles. The first-order valence-electron chi connectivity index (χ1n) is 6.34. The lowest BCUT2D eigenvalue weighted by Crippen LogP contribution is -2.30. The second kappa shape index (κ2) is 7.24. The Labute approximate surface area is 137 Å². The van der Waals surface area contributed by atoms with E-state index in [1.807, 2.05) is 0 Å². The number of nitrogens with zero attached hydrogens (tertiary/aromatic N) is 1. The lowest BCUT2D eigenvalue weighted by molar-refractivity contribution is -0.123. The summed E-state index contributed by atoms with van der Waals surface area (Å²) < 4.78 is 5.07. The van der Waals surface area contributed by atoms with E-state index in [0.29, 0.717) is 10.7 Å². The van der Waals surface area contributed by atoms with Gasteiger partial charge in [-0.3, -0.25) is 4.79 Å². The number of benzene rings is 1. The zero-order valence-corrected chi connectivity index (χ0v) is 13.1. The molecule has 1 N–H and O–H groups in total. The van der Waals surface area contributed by atoms with E-state index in [2.05, 4.69) is 10.3 Å². The van der Waals surface area contributed by atoms with Gasteiger partial charge in [-0.15, -0.1) is 0 Å². The summed E-state index contributed by atoms with van der Waals surface area (Å²) in [6, 6.07) is 9.61. The molecule has 0 saturated heterocycles. The first kappa shape index (κ1) is 16.3. The maximum atomic E-state index is 12.0. The molecule has 0 aliphatic heterocycles. The zero-order valence-electron chi connectivity index (χ0n) is 11.5. The highest BCUT2D eigenvalue weighted by atomic mass is 35.5. The number of esters is 1. The summed E-state index contributed by atoms with van der Waals surface area (Å²) in [4.78, 5) is 27.6. The summed E-state index contributed by atoms with van der Waals surface area (Å²) >= 11 is 11.5. The number of rotatable bonds is 4. The standard InChI is InChI=1S/C15H12Cl2N2O3/c1-9(14(20)19-12-4-2-3-11(16)7-12)22-15(21)10-5-6-13(17)18-8-10/h2-9H,1H3,(H,19,20)/t9-/m0/s1. The van der Waals surface area contributed by atoms with Crippen LogP contribution < -0.4 is 5.32 Å². The number of hydrogen-bond acceptors (Lipinski definition) is 4. The van der Waals surface area contributed by atoms with Gasteiger partial charge in [-0.25, -0.2) is 9.78 Å². The van der Waals surface area contributed by atoms with E-state index in [1.165, 1.54) is 25.3 Å². The molecule has 0 aliphatic carbocycles. The SMILES string of the molecule is C[C@H](OC(=O)c1ccc(Cl)nc1)C(=O)Nc1cccc(Cl)c1. The van der Waals surface area contributed by atoms with Crippen molar-refractivity contribution in [1.29, 1.82) is 0 Å². The number of carbonyl (C=O) groups excluding carboxylic acids is 2. The Morgan fingerprint density at radius 1 is 1.23 bits per heavy atom. The van der Waals surface area contributed by atoms with Crippen molar-refractivity contribution in [3.8, 4) is 0 Å². The highest BCUT2D eigenvalue weighted by molar-refractivity contribution is 6.31. The van der Waals surface area contributed by atoms with Crippen LogP contribution in [-0.4, -0.2) is 23.0 Å². The maximum absolute atomic E-state index is 12.0. The summed E-state index contributed by atoms with van der Waals surface area (Å²) in [5.74, 6) is -1.12. The Kier molecular flexibility index (Phi) is 5.35. The number of amides is 1. The molecule has 2 aromatic rings. The minimum absolute atomic E-state index is 0.215. The van der Waals surface area contributed by atoms with Crippen molar-refractivity contribution in [2.24, 2.45) is 0 Å². The predicted octanol–water partition coefficient (Wildman–Crippen LogP) is 3.57. The van der Waals surface area contributed by atoms with E-state index in [-0.39, 0.29) is 10.7 Å². The van der Waals surface area contributed by atoms with Crippen molar-refractivity contribution in [2.45, 2.75) is 13.0 Å². The van der Waals surface area contributed by atoms with Crippen molar-refractivity contribution in [3.05, 3.63) is 58.3 Å². The highest BCUT2D eigenvalue weighted by Gasteiger charge is 2.19. The van der Waals surface area contributed by atoms with Crippen LogP contribution in [0.25, 0.3) is 0 Å². The fourth-order valence-corrected chi connectivity index (χ4v) is 1.89. The lowest BCUT2D eigenvalue weighted by atomic mass is 10.2. The van der Waals surface area contributed by atoms with Gasteiger partial charge in [-0.05, 0) is 37.3 Å². The van der Waals surface area contributed by atoms with Crippen LogP contribution in [0.3, 0.4) is 0 Å². The van der Waals surface area contributed by atoms with Crippen LogP contribution in [0.15, 0.2) is 42.6 Å². The van der Waals surface area contributed by atoms with Crippen molar-refractivity contribution < 1.29 is 14.3 Å². The third kappa shape index (κ3) is 4.44. The first-order valence-corrected chi connectivity index (χ1v) is 7.10. The Morgan fingerprint density at radius 2 is 2.00 bits per heavy atom. The van der Waals surface area contributed by atoms with Gasteiger partial charge in [0.2, 0.25) is 0 Å². The number of nitrogens with one attached hydrogen (secondary N) is 1. The summed E-state index contributed by atoms with van der Waals surface area (Å²) in [6.45, 7) is 1.47. The number of aromatic nitrogens is 1. The average molecular weight is 339 g/mol. The quantitative estimate of drug-likeness (QED) is 0.683.